The molecule has 4 rings (SSSR count). The Morgan fingerprint density at radius 2 is 1.89 bits per heavy atom. The van der Waals surface area contributed by atoms with Crippen molar-refractivity contribution in [2.24, 2.45) is 16.9 Å². The zero-order valence-corrected chi connectivity index (χ0v) is 24.3. The highest BCUT2D eigenvalue weighted by molar-refractivity contribution is 5.92. The third kappa shape index (κ3) is 9.14. The highest BCUT2D eigenvalue weighted by atomic mass is 19.4. The summed E-state index contributed by atoms with van der Waals surface area (Å²) in [5.74, 6) is -4.17. The molecule has 2 aromatic rings. The van der Waals surface area contributed by atoms with Crippen molar-refractivity contribution in [1.29, 1.82) is 0 Å². The number of hydrogen-bond donors (Lipinski definition) is 2. The van der Waals surface area contributed by atoms with Gasteiger partial charge in [0.1, 0.15) is 0 Å². The largest absolute Gasteiger partial charge is 0.389 e. The fourth-order valence-corrected chi connectivity index (χ4v) is 5.35. The van der Waals surface area contributed by atoms with Gasteiger partial charge in [0.05, 0.1) is 49.8 Å². The minimum atomic E-state index is -4.44. The number of aryl methyl sites for hydroxylation is 1. The van der Waals surface area contributed by atoms with Gasteiger partial charge in [-0.1, -0.05) is 0 Å². The zero-order valence-electron chi connectivity index (χ0n) is 24.3. The van der Waals surface area contributed by atoms with Crippen LogP contribution in [-0.2, 0) is 11.3 Å². The molecule has 0 radical (unpaired) electrons. The van der Waals surface area contributed by atoms with Crippen LogP contribution < -0.4 is 10.6 Å². The van der Waals surface area contributed by atoms with Crippen molar-refractivity contribution in [3.63, 3.8) is 0 Å². The lowest BCUT2D eigenvalue weighted by Crippen LogP contribution is -2.37. The monoisotopic (exact) mass is 630 g/mol. The van der Waals surface area contributed by atoms with Crippen LogP contribution in [-0.4, -0.2) is 68.0 Å². The Labute approximate surface area is 250 Å². The molecular weight excluding hydrogens is 594 g/mol. The number of nitrogens with zero attached hydrogens (tertiary/aromatic N) is 6. The van der Waals surface area contributed by atoms with Gasteiger partial charge in [-0.2, -0.15) is 28.2 Å². The molecule has 2 amide bonds. The fraction of sp³-hybridized carbons (Fsp3) is 0.643. The van der Waals surface area contributed by atoms with Gasteiger partial charge in [0.25, 0.3) is 5.91 Å². The zero-order chi connectivity index (χ0) is 32.1. The van der Waals surface area contributed by atoms with E-state index < -0.39 is 61.4 Å². The number of nitrogens with one attached hydrogen (secondary N) is 2. The molecule has 2 fully saturated rings. The van der Waals surface area contributed by atoms with Crippen LogP contribution in [0.3, 0.4) is 0 Å². The minimum absolute atomic E-state index is 0.0271. The van der Waals surface area contributed by atoms with Crippen molar-refractivity contribution in [3.8, 4) is 0 Å². The molecule has 2 atom stereocenters. The second-order valence-electron chi connectivity index (χ2n) is 11.4. The van der Waals surface area contributed by atoms with Crippen LogP contribution in [0.1, 0.15) is 92.8 Å². The third-order valence-electron chi connectivity index (χ3n) is 7.88. The van der Waals surface area contributed by atoms with Crippen LogP contribution in [0.25, 0.3) is 6.08 Å². The number of imidazole rings is 1. The van der Waals surface area contributed by atoms with E-state index in [-0.39, 0.29) is 56.1 Å². The number of carbonyl (C=O) groups excluding carboxylic acids is 2. The average Bonchev–Trinajstić information content (AvgIpc) is 3.55. The van der Waals surface area contributed by atoms with Gasteiger partial charge in [-0.05, 0) is 62.5 Å². The first kappa shape index (κ1) is 33.2. The lowest BCUT2D eigenvalue weighted by molar-refractivity contribution is -0.144. The van der Waals surface area contributed by atoms with E-state index in [4.69, 9.17) is 0 Å². The Morgan fingerprint density at radius 1 is 1.18 bits per heavy atom. The smallest absolute Gasteiger partial charge is 0.349 e. The molecule has 0 aliphatic heterocycles. The first-order valence-corrected chi connectivity index (χ1v) is 14.5. The molecule has 0 aromatic carbocycles. The summed E-state index contributed by atoms with van der Waals surface area (Å²) >= 11 is 0. The van der Waals surface area contributed by atoms with Crippen LogP contribution in [0.15, 0.2) is 23.1 Å². The Balaban J connectivity index is 1.57. The van der Waals surface area contributed by atoms with E-state index in [1.54, 1.807) is 13.0 Å². The lowest BCUT2D eigenvalue weighted by atomic mass is 9.81. The maximum Gasteiger partial charge on any atom is 0.389 e. The summed E-state index contributed by atoms with van der Waals surface area (Å²) < 4.78 is 79.7. The molecule has 0 saturated heterocycles. The van der Waals surface area contributed by atoms with Crippen molar-refractivity contribution < 1.29 is 35.9 Å². The molecule has 10 nitrogen and oxygen atoms in total. The number of amides is 2. The maximum atomic E-state index is 14.0. The van der Waals surface area contributed by atoms with Crippen LogP contribution in [0.2, 0.25) is 0 Å². The Morgan fingerprint density at radius 3 is 2.50 bits per heavy atom. The number of alkyl halides is 6. The maximum absolute atomic E-state index is 14.0. The molecule has 2 heterocycles. The lowest BCUT2D eigenvalue weighted by Gasteiger charge is -2.33. The molecule has 2 N–H and O–H groups in total. The number of rotatable bonds is 14. The second-order valence-corrected chi connectivity index (χ2v) is 11.4. The molecule has 2 aliphatic rings. The first-order chi connectivity index (χ1) is 20.8. The average molecular weight is 631 g/mol. The Hall–Kier alpha value is -3.72. The fourth-order valence-electron chi connectivity index (χ4n) is 5.35. The van der Waals surface area contributed by atoms with E-state index in [1.807, 2.05) is 0 Å². The van der Waals surface area contributed by atoms with Gasteiger partial charge in [0.15, 0.2) is 11.5 Å². The Kier molecular flexibility index (Phi) is 10.5. The van der Waals surface area contributed by atoms with Gasteiger partial charge in [-0.3, -0.25) is 14.0 Å². The van der Waals surface area contributed by atoms with E-state index in [9.17, 15) is 35.9 Å². The van der Waals surface area contributed by atoms with E-state index in [1.165, 1.54) is 21.9 Å². The van der Waals surface area contributed by atoms with Gasteiger partial charge in [0.2, 0.25) is 11.8 Å². The van der Waals surface area contributed by atoms with E-state index in [0.717, 1.165) is 12.8 Å². The summed E-state index contributed by atoms with van der Waals surface area (Å²) in [7, 11) is 0. The Bertz CT molecular complexity index is 1340. The van der Waals surface area contributed by atoms with Crippen molar-refractivity contribution in [2.45, 2.75) is 95.4 Å². The second kappa shape index (κ2) is 13.9. The van der Waals surface area contributed by atoms with Crippen LogP contribution in [0, 0.1) is 11.8 Å². The topological polar surface area (TPSA) is 119 Å². The molecular formula is C28H36F6N8O2. The molecule has 0 unspecified atom stereocenters. The number of carbonyl (C=O) groups is 2. The summed E-state index contributed by atoms with van der Waals surface area (Å²) in [6.45, 7) is 4.90. The van der Waals surface area contributed by atoms with Crippen LogP contribution in [0.5, 0.6) is 0 Å². The van der Waals surface area contributed by atoms with Gasteiger partial charge >= 0.3 is 6.18 Å². The van der Waals surface area contributed by atoms with Gasteiger partial charge in [-0.25, -0.2) is 18.4 Å². The summed E-state index contributed by atoms with van der Waals surface area (Å²) in [5.41, 5.74) is 0.945. The molecule has 16 heteroatoms. The summed E-state index contributed by atoms with van der Waals surface area (Å²) in [6, 6.07) is -1.31. The molecule has 44 heavy (non-hydrogen) atoms. The number of hydrogen-bond acceptors (Lipinski definition) is 6. The normalized spacial score (nSPS) is 18.9. The van der Waals surface area contributed by atoms with Crippen molar-refractivity contribution in [3.05, 3.63) is 35.2 Å². The molecule has 2 aliphatic carbocycles. The summed E-state index contributed by atoms with van der Waals surface area (Å²) in [5, 5.41) is 17.6. The highest BCUT2D eigenvalue weighted by Gasteiger charge is 2.40. The number of aromatic nitrogens is 5. The molecule has 0 bridgehead atoms. The summed E-state index contributed by atoms with van der Waals surface area (Å²) in [6.07, 6.45) is -0.648. The molecule has 0 spiro atoms. The van der Waals surface area contributed by atoms with Gasteiger partial charge in [-0.15, -0.1) is 5.10 Å². The van der Waals surface area contributed by atoms with Crippen LogP contribution >= 0.6 is 0 Å². The van der Waals surface area contributed by atoms with E-state index >= 15 is 0 Å². The molecule has 242 valence electrons. The summed E-state index contributed by atoms with van der Waals surface area (Å²) in [4.78, 5) is 31.3. The quantitative estimate of drug-likeness (QED) is 0.219. The van der Waals surface area contributed by atoms with Crippen LogP contribution in [0.4, 0.5) is 26.3 Å². The molecule has 2 saturated carbocycles. The van der Waals surface area contributed by atoms with E-state index in [0.29, 0.717) is 11.3 Å². The van der Waals surface area contributed by atoms with Crippen molar-refractivity contribution in [2.75, 3.05) is 6.67 Å². The van der Waals surface area contributed by atoms with Crippen molar-refractivity contribution in [1.82, 2.24) is 35.3 Å². The van der Waals surface area contributed by atoms with Crippen molar-refractivity contribution >= 4 is 24.6 Å². The SMILES string of the molecule is C=Nn1cc([C@@H](NC(=O)c2cnn(CCCF)n2)C2CCC(F)(F)CC2)nc1/C=C(\C)[C@H](NC(=O)CCC(F)(F)F)C1CC1. The molecule has 2 aromatic heterocycles. The predicted molar refractivity (Wildman–Crippen MR) is 148 cm³/mol. The van der Waals surface area contributed by atoms with Gasteiger partial charge < -0.3 is 10.6 Å². The van der Waals surface area contributed by atoms with Gasteiger partial charge in [0, 0.05) is 26.0 Å². The predicted octanol–water partition coefficient (Wildman–Crippen LogP) is 5.24. The standard InChI is InChI=1S/C28H36F6N8O2/c1-17(24(18-4-5-18)38-23(43)8-11-28(32,33)34)14-22-37-21(16-41(22)35-2)25(19-6-9-27(30,31)10-7-19)39-26(44)20-15-36-42(40-20)13-3-12-29/h14-16,18-19,24-25H,2-13H2,1H3,(H,38,43)(H,39,44)/b17-14+/t24-,25-/m0/s1. The van der Waals surface area contributed by atoms with E-state index in [2.05, 4.69) is 37.6 Å². The minimum Gasteiger partial charge on any atom is -0.349 e. The third-order valence-corrected chi connectivity index (χ3v) is 7.88. The highest BCUT2D eigenvalue weighted by Crippen LogP contribution is 2.42. The number of halogens is 6. The first-order valence-electron chi connectivity index (χ1n) is 14.5.